The molecular weight excluding hydrogens is 256 g/mol. The van der Waals surface area contributed by atoms with Gasteiger partial charge in [-0.05, 0) is 32.4 Å². The van der Waals surface area contributed by atoms with Crippen molar-refractivity contribution >= 4 is 23.5 Å². The first-order chi connectivity index (χ1) is 8.30. The third-order valence-electron chi connectivity index (χ3n) is 2.38. The zero-order valence-electron chi connectivity index (χ0n) is 10.2. The lowest BCUT2D eigenvalue weighted by molar-refractivity contribution is -0.137. The normalized spacial score (nSPS) is 11.1. The van der Waals surface area contributed by atoms with E-state index >= 15 is 0 Å². The number of carbonyl (C=O) groups excluding carboxylic acids is 1. The Hall–Kier alpha value is -1.62. The van der Waals surface area contributed by atoms with Crippen molar-refractivity contribution in [3.05, 3.63) is 29.0 Å². The molecule has 0 unspecified atom stereocenters. The molecule has 98 valence electrons. The van der Waals surface area contributed by atoms with Gasteiger partial charge in [-0.2, -0.15) is 0 Å². The lowest BCUT2D eigenvalue weighted by Gasteiger charge is -2.25. The molecule has 1 rings (SSSR count). The Kier molecular flexibility index (Phi) is 4.67. The number of aliphatic carboxylic acids is 1. The molecule has 18 heavy (non-hydrogen) atoms. The fourth-order valence-corrected chi connectivity index (χ4v) is 1.48. The Labute approximate surface area is 110 Å². The number of amides is 1. The standard InChI is InChI=1S/C12H15ClN2O3/c1-12(2,6-5-10(16)17)15-11(18)9-4-3-8(13)7-14-9/h3-4,7H,5-6H2,1-2H3,(H,15,18)(H,16,17). The summed E-state index contributed by atoms with van der Waals surface area (Å²) in [4.78, 5) is 26.2. The summed E-state index contributed by atoms with van der Waals surface area (Å²) in [5, 5.41) is 11.8. The van der Waals surface area contributed by atoms with Crippen LogP contribution < -0.4 is 5.32 Å². The van der Waals surface area contributed by atoms with Crippen LogP contribution in [0.3, 0.4) is 0 Å². The van der Waals surface area contributed by atoms with E-state index in [0.717, 1.165) is 0 Å². The molecule has 5 nitrogen and oxygen atoms in total. The summed E-state index contributed by atoms with van der Waals surface area (Å²) in [6.45, 7) is 3.54. The molecule has 0 fully saturated rings. The number of nitrogens with one attached hydrogen (secondary N) is 1. The van der Waals surface area contributed by atoms with Crippen molar-refractivity contribution in [2.75, 3.05) is 0 Å². The highest BCUT2D eigenvalue weighted by molar-refractivity contribution is 6.30. The van der Waals surface area contributed by atoms with Gasteiger partial charge in [0.05, 0.1) is 5.02 Å². The third-order valence-corrected chi connectivity index (χ3v) is 2.60. The summed E-state index contributed by atoms with van der Waals surface area (Å²) < 4.78 is 0. The van der Waals surface area contributed by atoms with Crippen molar-refractivity contribution in [2.24, 2.45) is 0 Å². The molecule has 2 N–H and O–H groups in total. The van der Waals surface area contributed by atoms with Gasteiger partial charge in [0.1, 0.15) is 5.69 Å². The summed E-state index contributed by atoms with van der Waals surface area (Å²) in [7, 11) is 0. The van der Waals surface area contributed by atoms with Gasteiger partial charge in [-0.25, -0.2) is 4.98 Å². The van der Waals surface area contributed by atoms with Crippen LogP contribution >= 0.6 is 11.6 Å². The quantitative estimate of drug-likeness (QED) is 0.859. The molecule has 0 bridgehead atoms. The minimum Gasteiger partial charge on any atom is -0.481 e. The number of carboxylic acid groups (broad SMARTS) is 1. The summed E-state index contributed by atoms with van der Waals surface area (Å²) in [6.07, 6.45) is 1.74. The number of hydrogen-bond acceptors (Lipinski definition) is 3. The van der Waals surface area contributed by atoms with Crippen LogP contribution in [0.15, 0.2) is 18.3 Å². The lowest BCUT2D eigenvalue weighted by Crippen LogP contribution is -2.44. The average Bonchev–Trinajstić information content (AvgIpc) is 2.27. The molecule has 0 aliphatic heterocycles. The molecule has 0 aliphatic rings. The number of halogens is 1. The Morgan fingerprint density at radius 2 is 2.11 bits per heavy atom. The minimum atomic E-state index is -0.887. The summed E-state index contributed by atoms with van der Waals surface area (Å²) in [5.74, 6) is -1.23. The van der Waals surface area contributed by atoms with Gasteiger partial charge in [-0.3, -0.25) is 9.59 Å². The number of pyridine rings is 1. The average molecular weight is 271 g/mol. The van der Waals surface area contributed by atoms with Crippen LogP contribution in [0.25, 0.3) is 0 Å². The fourth-order valence-electron chi connectivity index (χ4n) is 1.36. The molecule has 1 heterocycles. The van der Waals surface area contributed by atoms with Crippen LogP contribution in [0.4, 0.5) is 0 Å². The van der Waals surface area contributed by atoms with Crippen LogP contribution in [0, 0.1) is 0 Å². The molecule has 0 radical (unpaired) electrons. The molecule has 0 spiro atoms. The number of hydrogen-bond donors (Lipinski definition) is 2. The summed E-state index contributed by atoms with van der Waals surface area (Å²) in [6, 6.07) is 3.10. The first kappa shape index (κ1) is 14.4. The summed E-state index contributed by atoms with van der Waals surface area (Å²) in [5.41, 5.74) is -0.348. The second kappa shape index (κ2) is 5.82. The van der Waals surface area contributed by atoms with E-state index in [1.807, 2.05) is 0 Å². The zero-order valence-corrected chi connectivity index (χ0v) is 11.0. The first-order valence-electron chi connectivity index (χ1n) is 5.46. The Balaban J connectivity index is 2.63. The maximum absolute atomic E-state index is 11.9. The number of rotatable bonds is 5. The molecule has 1 amide bonds. The van der Waals surface area contributed by atoms with Gasteiger partial charge in [-0.15, -0.1) is 0 Å². The van der Waals surface area contributed by atoms with Crippen molar-refractivity contribution in [1.29, 1.82) is 0 Å². The molecule has 0 atom stereocenters. The van der Waals surface area contributed by atoms with E-state index in [1.54, 1.807) is 19.9 Å². The van der Waals surface area contributed by atoms with Gasteiger partial charge in [0.25, 0.3) is 5.91 Å². The monoisotopic (exact) mass is 270 g/mol. The highest BCUT2D eigenvalue weighted by Crippen LogP contribution is 2.13. The van der Waals surface area contributed by atoms with Crippen molar-refractivity contribution in [1.82, 2.24) is 10.3 Å². The third kappa shape index (κ3) is 4.71. The van der Waals surface area contributed by atoms with Gasteiger partial charge in [0.15, 0.2) is 0 Å². The highest BCUT2D eigenvalue weighted by atomic mass is 35.5. The smallest absolute Gasteiger partial charge is 0.303 e. The predicted molar refractivity (Wildman–Crippen MR) is 67.7 cm³/mol. The predicted octanol–water partition coefficient (Wildman–Crippen LogP) is 2.11. The van der Waals surface area contributed by atoms with E-state index < -0.39 is 11.5 Å². The fraction of sp³-hybridized carbons (Fsp3) is 0.417. The van der Waals surface area contributed by atoms with Crippen LogP contribution in [-0.4, -0.2) is 27.5 Å². The SMILES string of the molecule is CC(C)(CCC(=O)O)NC(=O)c1ccc(Cl)cn1. The van der Waals surface area contributed by atoms with Gasteiger partial charge in [0, 0.05) is 18.2 Å². The molecule has 1 aromatic rings. The van der Waals surface area contributed by atoms with Crippen LogP contribution in [-0.2, 0) is 4.79 Å². The molecule has 0 aromatic carbocycles. The minimum absolute atomic E-state index is 0.00132. The molecule has 1 aromatic heterocycles. The second-order valence-electron chi connectivity index (χ2n) is 4.59. The van der Waals surface area contributed by atoms with E-state index in [0.29, 0.717) is 11.4 Å². The van der Waals surface area contributed by atoms with Crippen LogP contribution in [0.5, 0.6) is 0 Å². The van der Waals surface area contributed by atoms with Gasteiger partial charge >= 0.3 is 5.97 Å². The lowest BCUT2D eigenvalue weighted by atomic mass is 9.98. The van der Waals surface area contributed by atoms with Crippen molar-refractivity contribution < 1.29 is 14.7 Å². The van der Waals surface area contributed by atoms with Crippen molar-refractivity contribution in [3.63, 3.8) is 0 Å². The molecule has 0 saturated carbocycles. The van der Waals surface area contributed by atoms with E-state index in [4.69, 9.17) is 16.7 Å². The van der Waals surface area contributed by atoms with Crippen molar-refractivity contribution in [2.45, 2.75) is 32.2 Å². The van der Waals surface area contributed by atoms with E-state index in [-0.39, 0.29) is 18.0 Å². The van der Waals surface area contributed by atoms with Gasteiger partial charge in [0.2, 0.25) is 0 Å². The molecule has 0 saturated heterocycles. The Morgan fingerprint density at radius 3 is 2.61 bits per heavy atom. The number of aromatic nitrogens is 1. The van der Waals surface area contributed by atoms with E-state index in [2.05, 4.69) is 10.3 Å². The first-order valence-corrected chi connectivity index (χ1v) is 5.84. The Morgan fingerprint density at radius 1 is 1.44 bits per heavy atom. The maximum atomic E-state index is 11.9. The maximum Gasteiger partial charge on any atom is 0.303 e. The van der Waals surface area contributed by atoms with Gasteiger partial charge < -0.3 is 10.4 Å². The number of nitrogens with zero attached hydrogens (tertiary/aromatic N) is 1. The Bertz CT molecular complexity index is 443. The largest absolute Gasteiger partial charge is 0.481 e. The number of carboxylic acids is 1. The molecular formula is C12H15ClN2O3. The van der Waals surface area contributed by atoms with E-state index in [9.17, 15) is 9.59 Å². The van der Waals surface area contributed by atoms with Crippen LogP contribution in [0.2, 0.25) is 5.02 Å². The zero-order chi connectivity index (χ0) is 13.8. The summed E-state index contributed by atoms with van der Waals surface area (Å²) >= 11 is 5.67. The van der Waals surface area contributed by atoms with Crippen molar-refractivity contribution in [3.8, 4) is 0 Å². The second-order valence-corrected chi connectivity index (χ2v) is 5.03. The molecule has 6 heteroatoms. The van der Waals surface area contributed by atoms with Crippen LogP contribution in [0.1, 0.15) is 37.2 Å². The molecule has 0 aliphatic carbocycles. The topological polar surface area (TPSA) is 79.3 Å². The van der Waals surface area contributed by atoms with E-state index in [1.165, 1.54) is 12.3 Å². The van der Waals surface area contributed by atoms with Gasteiger partial charge in [-0.1, -0.05) is 11.6 Å². The highest BCUT2D eigenvalue weighted by Gasteiger charge is 2.22. The number of carbonyl (C=O) groups is 2.